The minimum atomic E-state index is -3.71. The summed E-state index contributed by atoms with van der Waals surface area (Å²) in [6.07, 6.45) is 3.52. The highest BCUT2D eigenvalue weighted by molar-refractivity contribution is 7.88. The Hall–Kier alpha value is -3.00. The van der Waals surface area contributed by atoms with Crippen molar-refractivity contribution in [2.45, 2.75) is 63.4 Å². The number of rotatable bonds is 13. The number of hydrogen-bond acceptors (Lipinski definition) is 7. The highest BCUT2D eigenvalue weighted by Gasteiger charge is 2.42. The van der Waals surface area contributed by atoms with Crippen molar-refractivity contribution in [2.75, 3.05) is 33.0 Å². The zero-order valence-electron chi connectivity index (χ0n) is 24.7. The molecule has 13 heteroatoms. The summed E-state index contributed by atoms with van der Waals surface area (Å²) >= 11 is 0. The Bertz CT molecular complexity index is 1370. The highest BCUT2D eigenvalue weighted by atomic mass is 32.2. The van der Waals surface area contributed by atoms with Gasteiger partial charge in [-0.15, -0.1) is 0 Å². The van der Waals surface area contributed by atoms with E-state index in [2.05, 4.69) is 15.4 Å². The van der Waals surface area contributed by atoms with Crippen LogP contribution in [0.1, 0.15) is 43.2 Å². The van der Waals surface area contributed by atoms with Crippen molar-refractivity contribution in [3.8, 4) is 5.75 Å². The van der Waals surface area contributed by atoms with Gasteiger partial charge in [0.1, 0.15) is 31.5 Å². The van der Waals surface area contributed by atoms with Gasteiger partial charge in [0.05, 0.1) is 26.1 Å². The van der Waals surface area contributed by atoms with Crippen LogP contribution in [0.2, 0.25) is 0 Å². The zero-order chi connectivity index (χ0) is 31.0. The lowest BCUT2D eigenvalue weighted by Gasteiger charge is -2.30. The summed E-state index contributed by atoms with van der Waals surface area (Å²) in [4.78, 5) is 28.8. The third kappa shape index (κ3) is 9.75. The molecule has 3 N–H and O–H groups in total. The van der Waals surface area contributed by atoms with Crippen molar-refractivity contribution >= 4 is 35.1 Å². The van der Waals surface area contributed by atoms with E-state index in [9.17, 15) is 22.4 Å². The highest BCUT2D eigenvalue weighted by Crippen LogP contribution is 2.26. The van der Waals surface area contributed by atoms with E-state index in [-0.39, 0.29) is 26.1 Å². The number of amides is 2. The van der Waals surface area contributed by atoms with Crippen LogP contribution < -0.4 is 25.6 Å². The van der Waals surface area contributed by atoms with E-state index in [1.165, 1.54) is 17.0 Å². The second kappa shape index (κ2) is 15.1. The number of hydrogen-bond donors (Lipinski definition) is 3. The normalized spacial score (nSPS) is 20.1. The number of ether oxygens (including phenoxy) is 2. The number of sulfonamides is 1. The van der Waals surface area contributed by atoms with Gasteiger partial charge >= 0.3 is 0 Å². The Morgan fingerprint density at radius 3 is 2.65 bits per heavy atom. The first-order valence-corrected chi connectivity index (χ1v) is 16.5. The molecule has 43 heavy (non-hydrogen) atoms. The van der Waals surface area contributed by atoms with Crippen molar-refractivity contribution in [1.29, 1.82) is 0 Å². The quantitative estimate of drug-likeness (QED) is 0.289. The molecular weight excluding hydrogens is 574 g/mol. The predicted octanol–water partition coefficient (Wildman–Crippen LogP) is 1.13. The number of piperidine rings is 1. The SMILES string of the molecule is [B]c1ccc(CO[C@@H]2C[C@@H](C(=O)NCc3cccc(OC)c3)N(C(=O)[C@@H](CCC3CCNCC3)NS(C)(=O)=O)C2)c(F)c1. The van der Waals surface area contributed by atoms with Crippen LogP contribution in [0, 0.1) is 11.7 Å². The molecule has 0 saturated carbocycles. The minimum absolute atomic E-state index is 0.0575. The second-order valence-corrected chi connectivity index (χ2v) is 13.1. The molecule has 4 rings (SSSR count). The van der Waals surface area contributed by atoms with Gasteiger partial charge in [-0.25, -0.2) is 17.5 Å². The van der Waals surface area contributed by atoms with Crippen molar-refractivity contribution in [2.24, 2.45) is 5.92 Å². The van der Waals surface area contributed by atoms with E-state index in [0.717, 1.165) is 37.8 Å². The Balaban J connectivity index is 1.50. The first kappa shape index (κ1) is 32.9. The Morgan fingerprint density at radius 1 is 1.19 bits per heavy atom. The topological polar surface area (TPSA) is 126 Å². The van der Waals surface area contributed by atoms with E-state index in [4.69, 9.17) is 17.3 Å². The summed E-state index contributed by atoms with van der Waals surface area (Å²) in [5, 5.41) is 6.20. The van der Waals surface area contributed by atoms with Crippen molar-refractivity contribution in [1.82, 2.24) is 20.3 Å². The lowest BCUT2D eigenvalue weighted by molar-refractivity contribution is -0.140. The van der Waals surface area contributed by atoms with Crippen molar-refractivity contribution in [3.05, 3.63) is 59.4 Å². The number of likely N-dealkylation sites (tertiary alicyclic amines) is 1. The van der Waals surface area contributed by atoms with Gasteiger partial charge in [-0.3, -0.25) is 9.59 Å². The zero-order valence-corrected chi connectivity index (χ0v) is 25.5. The van der Waals surface area contributed by atoms with Crippen LogP contribution >= 0.6 is 0 Å². The van der Waals surface area contributed by atoms with Gasteiger partial charge in [0.15, 0.2) is 0 Å². The molecule has 2 aliphatic heterocycles. The summed E-state index contributed by atoms with van der Waals surface area (Å²) in [5.74, 6) is -0.350. The molecule has 2 aromatic rings. The van der Waals surface area contributed by atoms with E-state index < -0.39 is 45.8 Å². The van der Waals surface area contributed by atoms with Crippen LogP contribution in [-0.4, -0.2) is 84.2 Å². The van der Waals surface area contributed by atoms with Crippen LogP contribution in [0.25, 0.3) is 0 Å². The monoisotopic (exact) mass is 614 g/mol. The molecule has 0 aromatic heterocycles. The lowest BCUT2D eigenvalue weighted by atomic mass is 9.91. The van der Waals surface area contributed by atoms with Gasteiger partial charge in [-0.05, 0) is 68.5 Å². The fourth-order valence-electron chi connectivity index (χ4n) is 5.65. The molecule has 2 fully saturated rings. The predicted molar refractivity (Wildman–Crippen MR) is 162 cm³/mol. The standard InChI is InChI=1S/C30H40BFN4O6S/c1-41-24-5-3-4-21(14-24)17-34-29(37)28-16-25(42-19-22-7-8-23(31)15-26(22)32)18-36(28)30(38)27(35-43(2,39)40)9-6-20-10-12-33-13-11-20/h3-5,7-8,14-15,20,25,27-28,33,35H,6,9-13,16-19H2,1-2H3,(H,34,37)/t25-,27-,28+/m1/s1. The number of carbonyl (C=O) groups excluding carboxylic acids is 2. The van der Waals surface area contributed by atoms with Gasteiger partial charge in [0.25, 0.3) is 0 Å². The Labute approximate surface area is 254 Å². The number of nitrogens with zero attached hydrogens (tertiary/aromatic N) is 1. The van der Waals surface area contributed by atoms with E-state index in [1.54, 1.807) is 25.3 Å². The van der Waals surface area contributed by atoms with Crippen LogP contribution in [0.15, 0.2) is 42.5 Å². The number of methoxy groups -OCH3 is 1. The molecule has 0 bridgehead atoms. The molecule has 2 heterocycles. The molecule has 2 amide bonds. The molecule has 0 unspecified atom stereocenters. The van der Waals surface area contributed by atoms with Crippen LogP contribution in [0.4, 0.5) is 4.39 Å². The molecule has 2 aromatic carbocycles. The first-order valence-electron chi connectivity index (χ1n) is 14.6. The van der Waals surface area contributed by atoms with Gasteiger partial charge in [0, 0.05) is 25.1 Å². The Morgan fingerprint density at radius 2 is 1.95 bits per heavy atom. The summed E-state index contributed by atoms with van der Waals surface area (Å²) in [6, 6.07) is 9.66. The largest absolute Gasteiger partial charge is 0.497 e. The average Bonchev–Trinajstić information content (AvgIpc) is 3.41. The number of nitrogens with one attached hydrogen (secondary N) is 3. The minimum Gasteiger partial charge on any atom is -0.497 e. The van der Waals surface area contributed by atoms with E-state index >= 15 is 0 Å². The van der Waals surface area contributed by atoms with E-state index in [0.29, 0.717) is 35.5 Å². The maximum Gasteiger partial charge on any atom is 0.243 e. The first-order chi connectivity index (χ1) is 20.5. The summed E-state index contributed by atoms with van der Waals surface area (Å²) in [6.45, 7) is 1.97. The molecule has 2 radical (unpaired) electrons. The number of benzene rings is 2. The van der Waals surface area contributed by atoms with Crippen LogP contribution in [0.5, 0.6) is 5.75 Å². The van der Waals surface area contributed by atoms with Crippen molar-refractivity contribution in [3.63, 3.8) is 0 Å². The Kier molecular flexibility index (Phi) is 11.6. The third-order valence-electron chi connectivity index (χ3n) is 7.98. The number of halogens is 1. The van der Waals surface area contributed by atoms with Crippen LogP contribution in [-0.2, 0) is 37.5 Å². The van der Waals surface area contributed by atoms with E-state index in [1.807, 2.05) is 12.1 Å². The molecule has 0 spiro atoms. The maximum atomic E-state index is 14.4. The summed E-state index contributed by atoms with van der Waals surface area (Å²) in [5.41, 5.74) is 1.41. The lowest BCUT2D eigenvalue weighted by Crippen LogP contribution is -2.53. The molecule has 232 valence electrons. The molecule has 0 aliphatic carbocycles. The fourth-order valence-corrected chi connectivity index (χ4v) is 6.39. The fraction of sp³-hybridized carbons (Fsp3) is 0.533. The van der Waals surface area contributed by atoms with Crippen LogP contribution in [0.3, 0.4) is 0 Å². The summed E-state index contributed by atoms with van der Waals surface area (Å²) in [7, 11) is 3.49. The molecule has 10 nitrogen and oxygen atoms in total. The average molecular weight is 615 g/mol. The van der Waals surface area contributed by atoms with Crippen molar-refractivity contribution < 1.29 is 31.9 Å². The van der Waals surface area contributed by atoms with Gasteiger partial charge in [-0.2, -0.15) is 0 Å². The smallest absolute Gasteiger partial charge is 0.243 e. The summed E-state index contributed by atoms with van der Waals surface area (Å²) < 4.78 is 52.7. The van der Waals surface area contributed by atoms with Gasteiger partial charge in [0.2, 0.25) is 21.8 Å². The second-order valence-electron chi connectivity index (χ2n) is 11.3. The molecule has 2 saturated heterocycles. The molecular formula is C30H40BFN4O6S. The number of carbonyl (C=O) groups is 2. The third-order valence-corrected chi connectivity index (χ3v) is 8.69. The maximum absolute atomic E-state index is 14.4. The van der Waals surface area contributed by atoms with Gasteiger partial charge < -0.3 is 25.0 Å². The van der Waals surface area contributed by atoms with Gasteiger partial charge in [-0.1, -0.05) is 29.7 Å². The molecule has 2 aliphatic rings. The molecule has 3 atom stereocenters.